The average Bonchev–Trinajstić information content (AvgIpc) is 2.92. The molecule has 0 aromatic heterocycles. The highest BCUT2D eigenvalue weighted by Crippen LogP contribution is 2.37. The third-order valence-corrected chi connectivity index (χ3v) is 5.01. The molecule has 110 valence electrons. The summed E-state index contributed by atoms with van der Waals surface area (Å²) < 4.78 is 6.70. The zero-order valence-electron chi connectivity index (χ0n) is 12.4. The van der Waals surface area contributed by atoms with Gasteiger partial charge in [-0.1, -0.05) is 46.3 Å². The summed E-state index contributed by atoms with van der Waals surface area (Å²) in [6.45, 7) is 2.20. The quantitative estimate of drug-likeness (QED) is 0.859. The summed E-state index contributed by atoms with van der Waals surface area (Å²) in [5.41, 5.74) is 4.08. The van der Waals surface area contributed by atoms with E-state index in [-0.39, 0.29) is 6.04 Å². The minimum Gasteiger partial charge on any atom is -0.496 e. The first-order valence-electron chi connectivity index (χ1n) is 7.37. The van der Waals surface area contributed by atoms with Crippen LogP contribution in [0.15, 0.2) is 46.9 Å². The predicted molar refractivity (Wildman–Crippen MR) is 89.7 cm³/mol. The van der Waals surface area contributed by atoms with Gasteiger partial charge in [0, 0.05) is 22.1 Å². The van der Waals surface area contributed by atoms with Crippen LogP contribution in [0.3, 0.4) is 0 Å². The smallest absolute Gasteiger partial charge is 0.123 e. The first-order valence-corrected chi connectivity index (χ1v) is 8.16. The Bertz CT molecular complexity index is 641. The molecule has 2 aromatic rings. The van der Waals surface area contributed by atoms with E-state index in [0.29, 0.717) is 6.04 Å². The number of para-hydroxylation sites is 1. The van der Waals surface area contributed by atoms with Gasteiger partial charge >= 0.3 is 0 Å². The van der Waals surface area contributed by atoms with Crippen LogP contribution >= 0.6 is 15.9 Å². The molecule has 1 aliphatic rings. The van der Waals surface area contributed by atoms with Crippen molar-refractivity contribution in [2.24, 2.45) is 0 Å². The van der Waals surface area contributed by atoms with Gasteiger partial charge in [0.1, 0.15) is 5.75 Å². The molecule has 0 spiro atoms. The highest BCUT2D eigenvalue weighted by Gasteiger charge is 2.25. The van der Waals surface area contributed by atoms with Crippen molar-refractivity contribution in [3.8, 4) is 5.75 Å². The molecular weight excluding hydrogens is 326 g/mol. The molecule has 1 N–H and O–H groups in total. The van der Waals surface area contributed by atoms with Gasteiger partial charge in [-0.2, -0.15) is 0 Å². The van der Waals surface area contributed by atoms with E-state index >= 15 is 0 Å². The molecule has 0 aliphatic heterocycles. The Balaban J connectivity index is 1.81. The summed E-state index contributed by atoms with van der Waals surface area (Å²) in [5, 5.41) is 3.75. The van der Waals surface area contributed by atoms with Crippen LogP contribution in [-0.2, 0) is 6.42 Å². The number of ether oxygens (including phenoxy) is 1. The van der Waals surface area contributed by atoms with Gasteiger partial charge in [-0.15, -0.1) is 0 Å². The molecular formula is C18H20BrNO. The average molecular weight is 346 g/mol. The largest absolute Gasteiger partial charge is 0.496 e. The Morgan fingerprint density at radius 2 is 2.00 bits per heavy atom. The van der Waals surface area contributed by atoms with Gasteiger partial charge in [-0.3, -0.25) is 0 Å². The molecule has 0 bridgehead atoms. The van der Waals surface area contributed by atoms with Crippen LogP contribution in [0.1, 0.15) is 42.1 Å². The van der Waals surface area contributed by atoms with Gasteiger partial charge in [0.15, 0.2) is 0 Å². The number of halogens is 1. The molecule has 0 radical (unpaired) electrons. The number of hydrogen-bond acceptors (Lipinski definition) is 2. The topological polar surface area (TPSA) is 21.3 Å². The lowest BCUT2D eigenvalue weighted by molar-refractivity contribution is 0.393. The van der Waals surface area contributed by atoms with Crippen molar-refractivity contribution in [2.45, 2.75) is 31.8 Å². The van der Waals surface area contributed by atoms with Crippen LogP contribution < -0.4 is 10.1 Å². The SMILES string of the molecule is COc1ccccc1[C@H](C)NC1CCc2c(Br)cccc21. The van der Waals surface area contributed by atoms with Crippen molar-refractivity contribution in [2.75, 3.05) is 7.11 Å². The lowest BCUT2D eigenvalue weighted by Crippen LogP contribution is -2.23. The third-order valence-electron chi connectivity index (χ3n) is 4.27. The summed E-state index contributed by atoms with van der Waals surface area (Å²) in [6.07, 6.45) is 2.28. The van der Waals surface area contributed by atoms with Crippen molar-refractivity contribution >= 4 is 15.9 Å². The first-order chi connectivity index (χ1) is 10.2. The molecule has 0 fully saturated rings. The van der Waals surface area contributed by atoms with Crippen LogP contribution in [-0.4, -0.2) is 7.11 Å². The van der Waals surface area contributed by atoms with Crippen LogP contribution in [0.5, 0.6) is 5.75 Å². The monoisotopic (exact) mass is 345 g/mol. The Kier molecular flexibility index (Phi) is 4.32. The minimum atomic E-state index is 0.260. The van der Waals surface area contributed by atoms with E-state index in [9.17, 15) is 0 Å². The Labute approximate surface area is 134 Å². The summed E-state index contributed by atoms with van der Waals surface area (Å²) in [6, 6.07) is 15.4. The van der Waals surface area contributed by atoms with Gasteiger partial charge in [0.05, 0.1) is 7.11 Å². The highest BCUT2D eigenvalue weighted by atomic mass is 79.9. The number of fused-ring (bicyclic) bond motifs is 1. The first kappa shape index (κ1) is 14.6. The Morgan fingerprint density at radius 1 is 1.19 bits per heavy atom. The van der Waals surface area contributed by atoms with Crippen molar-refractivity contribution in [1.82, 2.24) is 5.32 Å². The molecule has 0 saturated carbocycles. The molecule has 2 atom stereocenters. The lowest BCUT2D eigenvalue weighted by Gasteiger charge is -2.22. The molecule has 21 heavy (non-hydrogen) atoms. The van der Waals surface area contributed by atoms with Gasteiger partial charge in [0.25, 0.3) is 0 Å². The Hall–Kier alpha value is -1.32. The minimum absolute atomic E-state index is 0.260. The molecule has 0 amide bonds. The van der Waals surface area contributed by atoms with Crippen molar-refractivity contribution in [1.29, 1.82) is 0 Å². The van der Waals surface area contributed by atoms with E-state index in [2.05, 4.69) is 58.5 Å². The van der Waals surface area contributed by atoms with Crippen molar-refractivity contribution < 1.29 is 4.74 Å². The van der Waals surface area contributed by atoms with Crippen molar-refractivity contribution in [3.63, 3.8) is 0 Å². The molecule has 3 heteroatoms. The molecule has 0 saturated heterocycles. The fourth-order valence-corrected chi connectivity index (χ4v) is 3.78. The molecule has 0 heterocycles. The zero-order valence-corrected chi connectivity index (χ0v) is 14.0. The number of rotatable bonds is 4. The maximum Gasteiger partial charge on any atom is 0.123 e. The summed E-state index contributed by atoms with van der Waals surface area (Å²) in [7, 11) is 1.73. The van der Waals surface area contributed by atoms with Gasteiger partial charge < -0.3 is 10.1 Å². The summed E-state index contributed by atoms with van der Waals surface area (Å²) in [5.74, 6) is 0.949. The van der Waals surface area contributed by atoms with E-state index < -0.39 is 0 Å². The fraction of sp³-hybridized carbons (Fsp3) is 0.333. The van der Waals surface area contributed by atoms with Crippen LogP contribution in [0, 0.1) is 0 Å². The number of hydrogen-bond donors (Lipinski definition) is 1. The second-order valence-electron chi connectivity index (χ2n) is 5.53. The van der Waals surface area contributed by atoms with Crippen LogP contribution in [0.4, 0.5) is 0 Å². The highest BCUT2D eigenvalue weighted by molar-refractivity contribution is 9.10. The predicted octanol–water partition coefficient (Wildman–Crippen LogP) is 4.80. The van der Waals surface area contributed by atoms with Crippen LogP contribution in [0.2, 0.25) is 0 Å². The van der Waals surface area contributed by atoms with E-state index in [1.807, 2.05) is 12.1 Å². The second-order valence-corrected chi connectivity index (χ2v) is 6.38. The van der Waals surface area contributed by atoms with E-state index in [4.69, 9.17) is 4.74 Å². The summed E-state index contributed by atoms with van der Waals surface area (Å²) in [4.78, 5) is 0. The lowest BCUT2D eigenvalue weighted by atomic mass is 10.0. The molecule has 2 nitrogen and oxygen atoms in total. The second kappa shape index (κ2) is 6.20. The zero-order chi connectivity index (χ0) is 14.8. The van der Waals surface area contributed by atoms with E-state index in [1.165, 1.54) is 21.2 Å². The summed E-state index contributed by atoms with van der Waals surface area (Å²) >= 11 is 3.66. The van der Waals surface area contributed by atoms with Crippen LogP contribution in [0.25, 0.3) is 0 Å². The standard InChI is InChI=1S/C18H20BrNO/c1-12(13-6-3-4-9-18(13)21-2)20-17-11-10-14-15(17)7-5-8-16(14)19/h3-9,12,17,20H,10-11H2,1-2H3/t12-,17?/m0/s1. The molecule has 1 aliphatic carbocycles. The van der Waals surface area contributed by atoms with Gasteiger partial charge in [-0.05, 0) is 43.0 Å². The van der Waals surface area contributed by atoms with Gasteiger partial charge in [0.2, 0.25) is 0 Å². The van der Waals surface area contributed by atoms with E-state index in [1.54, 1.807) is 7.11 Å². The van der Waals surface area contributed by atoms with Gasteiger partial charge in [-0.25, -0.2) is 0 Å². The molecule has 3 rings (SSSR count). The molecule has 2 aromatic carbocycles. The van der Waals surface area contributed by atoms with E-state index in [0.717, 1.165) is 18.6 Å². The number of methoxy groups -OCH3 is 1. The number of benzene rings is 2. The maximum atomic E-state index is 5.47. The fourth-order valence-electron chi connectivity index (χ4n) is 3.20. The van der Waals surface area contributed by atoms with Crippen molar-refractivity contribution in [3.05, 3.63) is 63.6 Å². The number of nitrogens with one attached hydrogen (secondary N) is 1. The Morgan fingerprint density at radius 3 is 2.81 bits per heavy atom. The normalized spacial score (nSPS) is 18.3. The maximum absolute atomic E-state index is 5.47. The molecule has 1 unspecified atom stereocenters. The third kappa shape index (κ3) is 2.85.